The number of nitrogens with zero attached hydrogens (tertiary/aromatic N) is 3. The van der Waals surface area contributed by atoms with Gasteiger partial charge in [0.25, 0.3) is 0 Å². The molecule has 0 spiro atoms. The van der Waals surface area contributed by atoms with Crippen LogP contribution in [0.2, 0.25) is 25.7 Å². The smallest absolute Gasteiger partial charge is 0.143 e. The van der Waals surface area contributed by atoms with Gasteiger partial charge in [-0.15, -0.1) is 0 Å². The lowest BCUT2D eigenvalue weighted by atomic mass is 10.0. The van der Waals surface area contributed by atoms with E-state index < -0.39 is 8.07 Å². The monoisotopic (exact) mass is 482 g/mol. The van der Waals surface area contributed by atoms with E-state index in [2.05, 4.69) is 71.7 Å². The fourth-order valence-corrected chi connectivity index (χ4v) is 5.48. The number of ether oxygens (including phenoxy) is 1. The molecule has 5 rings (SSSR count). The summed E-state index contributed by atoms with van der Waals surface area (Å²) in [5.74, 6) is 0.914. The second-order valence-electron chi connectivity index (χ2n) is 10.6. The van der Waals surface area contributed by atoms with Gasteiger partial charge in [0.2, 0.25) is 0 Å². The third kappa shape index (κ3) is 5.15. The first kappa shape index (κ1) is 23.7. The van der Waals surface area contributed by atoms with Crippen LogP contribution in [0, 0.1) is 0 Å². The zero-order valence-electron chi connectivity index (χ0n) is 20.9. The highest BCUT2D eigenvalue weighted by Gasteiger charge is 2.24. The second kappa shape index (κ2) is 9.89. The Morgan fingerprint density at radius 3 is 2.49 bits per heavy atom. The first-order valence-corrected chi connectivity index (χ1v) is 16.1. The Hall–Kier alpha value is -3.06. The summed E-state index contributed by atoms with van der Waals surface area (Å²) in [6, 6.07) is 22.4. The van der Waals surface area contributed by atoms with Crippen LogP contribution in [0.25, 0.3) is 33.9 Å². The summed E-state index contributed by atoms with van der Waals surface area (Å²) in [7, 11) is -1.18. The van der Waals surface area contributed by atoms with Crippen LogP contribution < -0.4 is 5.73 Å². The number of aryl methyl sites for hydroxylation is 1. The van der Waals surface area contributed by atoms with Gasteiger partial charge in [0.15, 0.2) is 0 Å². The Labute approximate surface area is 209 Å². The van der Waals surface area contributed by atoms with Crippen LogP contribution >= 0.6 is 0 Å². The molecule has 2 aromatic heterocycles. The molecule has 2 N–H and O–H groups in total. The maximum atomic E-state index is 6.34. The number of benzene rings is 2. The van der Waals surface area contributed by atoms with E-state index in [0.29, 0.717) is 6.73 Å². The van der Waals surface area contributed by atoms with Gasteiger partial charge in [-0.05, 0) is 48.2 Å². The lowest BCUT2D eigenvalue weighted by Gasteiger charge is -2.18. The minimum absolute atomic E-state index is 0.133. The molecule has 1 atom stereocenters. The summed E-state index contributed by atoms with van der Waals surface area (Å²) in [6.07, 6.45) is 5.67. The van der Waals surface area contributed by atoms with Crippen molar-refractivity contribution in [1.82, 2.24) is 14.5 Å². The summed E-state index contributed by atoms with van der Waals surface area (Å²) in [5, 5.41) is 0. The van der Waals surface area contributed by atoms with Crippen LogP contribution in [0.1, 0.15) is 23.6 Å². The summed E-state index contributed by atoms with van der Waals surface area (Å²) >= 11 is 0. The van der Waals surface area contributed by atoms with E-state index in [4.69, 9.17) is 15.5 Å². The molecule has 0 saturated heterocycles. The van der Waals surface area contributed by atoms with Crippen LogP contribution in [-0.4, -0.2) is 29.2 Å². The number of imidazole rings is 1. The van der Waals surface area contributed by atoms with E-state index in [0.717, 1.165) is 59.4 Å². The van der Waals surface area contributed by atoms with E-state index in [1.807, 2.05) is 30.6 Å². The predicted octanol–water partition coefficient (Wildman–Crippen LogP) is 6.54. The normalized spacial score (nSPS) is 15.4. The van der Waals surface area contributed by atoms with Crippen molar-refractivity contribution in [1.29, 1.82) is 0 Å². The van der Waals surface area contributed by atoms with Crippen molar-refractivity contribution in [3.05, 3.63) is 84.2 Å². The fraction of sp³-hybridized carbons (Fsp3) is 0.310. The lowest BCUT2D eigenvalue weighted by Crippen LogP contribution is -2.22. The molecule has 2 aromatic carbocycles. The molecule has 4 aromatic rings. The highest BCUT2D eigenvalue weighted by Crippen LogP contribution is 2.39. The van der Waals surface area contributed by atoms with Gasteiger partial charge in [0.1, 0.15) is 12.6 Å². The van der Waals surface area contributed by atoms with E-state index in [1.54, 1.807) is 0 Å². The van der Waals surface area contributed by atoms with Crippen LogP contribution in [0.5, 0.6) is 0 Å². The molecule has 1 unspecified atom stereocenters. The molecule has 0 amide bonds. The van der Waals surface area contributed by atoms with Gasteiger partial charge in [0.05, 0.1) is 11.4 Å². The number of pyridine rings is 1. The SMILES string of the molecule is C[Si](C)(C)CCOCn1c(-c2ccccc2)nc(-c2ccncc2)c1-c1ccc2c(c1)CCC2N. The highest BCUT2D eigenvalue weighted by atomic mass is 28.3. The van der Waals surface area contributed by atoms with Crippen LogP contribution in [-0.2, 0) is 17.9 Å². The average molecular weight is 483 g/mol. The molecule has 6 heteroatoms. The Kier molecular flexibility index (Phi) is 6.69. The van der Waals surface area contributed by atoms with Crippen molar-refractivity contribution in [2.75, 3.05) is 6.61 Å². The second-order valence-corrected chi connectivity index (χ2v) is 16.2. The average Bonchev–Trinajstić information content (AvgIpc) is 3.43. The van der Waals surface area contributed by atoms with E-state index in [1.165, 1.54) is 11.1 Å². The molecule has 180 valence electrons. The maximum absolute atomic E-state index is 6.34. The van der Waals surface area contributed by atoms with Crippen molar-refractivity contribution < 1.29 is 4.74 Å². The summed E-state index contributed by atoms with van der Waals surface area (Å²) < 4.78 is 8.55. The van der Waals surface area contributed by atoms with Crippen LogP contribution in [0.15, 0.2) is 73.1 Å². The molecule has 0 bridgehead atoms. The molecule has 1 aliphatic rings. The number of aromatic nitrogens is 3. The van der Waals surface area contributed by atoms with Crippen molar-refractivity contribution >= 4 is 8.07 Å². The number of hydrogen-bond acceptors (Lipinski definition) is 4. The van der Waals surface area contributed by atoms with Gasteiger partial charge in [-0.1, -0.05) is 62.1 Å². The maximum Gasteiger partial charge on any atom is 0.143 e. The summed E-state index contributed by atoms with van der Waals surface area (Å²) in [4.78, 5) is 9.43. The van der Waals surface area contributed by atoms with Crippen LogP contribution in [0.3, 0.4) is 0 Å². The molecule has 5 nitrogen and oxygen atoms in total. The molecule has 0 radical (unpaired) electrons. The van der Waals surface area contributed by atoms with E-state index in [-0.39, 0.29) is 6.04 Å². The summed E-state index contributed by atoms with van der Waals surface area (Å²) in [6.45, 7) is 8.35. The fourth-order valence-electron chi connectivity index (χ4n) is 4.72. The van der Waals surface area contributed by atoms with Gasteiger partial charge in [-0.25, -0.2) is 4.98 Å². The van der Waals surface area contributed by atoms with Gasteiger partial charge in [0, 0.05) is 49.8 Å². The predicted molar refractivity (Wildman–Crippen MR) is 146 cm³/mol. The van der Waals surface area contributed by atoms with Gasteiger partial charge in [-0.2, -0.15) is 0 Å². The third-order valence-electron chi connectivity index (χ3n) is 6.71. The Balaban J connectivity index is 1.65. The van der Waals surface area contributed by atoms with Crippen molar-refractivity contribution in [2.45, 2.75) is 51.3 Å². The molecule has 0 aliphatic heterocycles. The van der Waals surface area contributed by atoms with Crippen LogP contribution in [0.4, 0.5) is 0 Å². The van der Waals surface area contributed by atoms with Gasteiger partial charge in [-0.3, -0.25) is 9.55 Å². The Bertz CT molecular complexity index is 1300. The first-order valence-electron chi connectivity index (χ1n) is 12.4. The zero-order chi connectivity index (χ0) is 24.4. The van der Waals surface area contributed by atoms with Gasteiger partial charge < -0.3 is 10.5 Å². The molecule has 0 saturated carbocycles. The first-order chi connectivity index (χ1) is 16.9. The van der Waals surface area contributed by atoms with Crippen molar-refractivity contribution in [3.8, 4) is 33.9 Å². The molecule has 1 aliphatic carbocycles. The zero-order valence-corrected chi connectivity index (χ0v) is 21.9. The summed E-state index contributed by atoms with van der Waals surface area (Å²) in [5.41, 5.74) is 14.2. The van der Waals surface area contributed by atoms with Crippen molar-refractivity contribution in [2.24, 2.45) is 5.73 Å². The largest absolute Gasteiger partial charge is 0.361 e. The molecular weight excluding hydrogens is 448 g/mol. The van der Waals surface area contributed by atoms with Crippen molar-refractivity contribution in [3.63, 3.8) is 0 Å². The molecule has 2 heterocycles. The Morgan fingerprint density at radius 1 is 0.971 bits per heavy atom. The number of nitrogens with two attached hydrogens (primary N) is 1. The highest BCUT2D eigenvalue weighted by molar-refractivity contribution is 6.76. The number of hydrogen-bond donors (Lipinski definition) is 1. The number of fused-ring (bicyclic) bond motifs is 1. The minimum atomic E-state index is -1.18. The molecular formula is C29H34N4OSi. The standard InChI is InChI=1S/C29H34N4OSi/c1-35(2,3)18-17-34-20-33-28(24-9-11-25-23(19-24)10-12-26(25)30)27(21-13-15-31-16-14-21)32-29(33)22-7-5-4-6-8-22/h4-9,11,13-16,19,26H,10,12,17-18,20,30H2,1-3H3. The van der Waals surface area contributed by atoms with E-state index >= 15 is 0 Å². The third-order valence-corrected chi connectivity index (χ3v) is 8.41. The topological polar surface area (TPSA) is 66.0 Å². The van der Waals surface area contributed by atoms with E-state index in [9.17, 15) is 0 Å². The quantitative estimate of drug-likeness (QED) is 0.229. The minimum Gasteiger partial charge on any atom is -0.361 e. The molecule has 35 heavy (non-hydrogen) atoms. The van der Waals surface area contributed by atoms with Gasteiger partial charge >= 0.3 is 0 Å². The molecule has 0 fully saturated rings. The Morgan fingerprint density at radius 2 is 1.74 bits per heavy atom. The lowest BCUT2D eigenvalue weighted by molar-refractivity contribution is 0.0893. The number of rotatable bonds is 8.